The number of rotatable bonds is 5. The average molecular weight is 212 g/mol. The van der Waals surface area contributed by atoms with Gasteiger partial charge in [0, 0.05) is 13.0 Å². The third-order valence-corrected chi connectivity index (χ3v) is 3.96. The lowest BCUT2D eigenvalue weighted by Gasteiger charge is -2.33. The summed E-state index contributed by atoms with van der Waals surface area (Å²) in [7, 11) is 1.67. The Morgan fingerprint density at radius 3 is 2.13 bits per heavy atom. The first-order valence-electron chi connectivity index (χ1n) is 6.29. The fraction of sp³-hybridized carbons (Fsp3) is 0.923. The van der Waals surface area contributed by atoms with Crippen LogP contribution in [0.2, 0.25) is 0 Å². The Bertz CT molecular complexity index is 192. The molecular formula is C13H24O2. The Morgan fingerprint density at radius 1 is 1.20 bits per heavy atom. The summed E-state index contributed by atoms with van der Waals surface area (Å²) in [6.45, 7) is 4.10. The van der Waals surface area contributed by atoms with Crippen LogP contribution in [0.25, 0.3) is 0 Å². The molecule has 0 heterocycles. The molecule has 1 fully saturated rings. The molecule has 2 heteroatoms. The van der Waals surface area contributed by atoms with Crippen LogP contribution in [-0.4, -0.2) is 18.5 Å². The van der Waals surface area contributed by atoms with Crippen LogP contribution in [-0.2, 0) is 9.53 Å². The molecule has 0 aromatic rings. The van der Waals surface area contributed by atoms with Crippen LogP contribution in [0.4, 0.5) is 0 Å². The molecule has 1 aliphatic carbocycles. The van der Waals surface area contributed by atoms with Gasteiger partial charge >= 0.3 is 0 Å². The second kappa shape index (κ2) is 5.64. The van der Waals surface area contributed by atoms with E-state index < -0.39 is 5.60 Å². The molecule has 1 aliphatic rings. The molecule has 0 spiro atoms. The molecule has 0 saturated heterocycles. The van der Waals surface area contributed by atoms with E-state index >= 15 is 0 Å². The van der Waals surface area contributed by atoms with Crippen molar-refractivity contribution in [2.24, 2.45) is 5.92 Å². The van der Waals surface area contributed by atoms with Crippen molar-refractivity contribution >= 4 is 5.78 Å². The van der Waals surface area contributed by atoms with E-state index in [1.807, 2.05) is 13.8 Å². The second-order valence-electron chi connectivity index (χ2n) is 4.60. The number of Topliss-reactive ketones (excluding diaryl/α,β-unsaturated/α-hetero) is 1. The van der Waals surface area contributed by atoms with Crippen molar-refractivity contribution in [2.75, 3.05) is 7.11 Å². The zero-order valence-corrected chi connectivity index (χ0v) is 10.3. The van der Waals surface area contributed by atoms with E-state index in [1.165, 1.54) is 19.3 Å². The van der Waals surface area contributed by atoms with Crippen LogP contribution in [0.3, 0.4) is 0 Å². The van der Waals surface area contributed by atoms with Crippen molar-refractivity contribution in [3.05, 3.63) is 0 Å². The minimum absolute atomic E-state index is 0.263. The van der Waals surface area contributed by atoms with Crippen LogP contribution >= 0.6 is 0 Å². The third kappa shape index (κ3) is 2.60. The number of ether oxygens (including phenoxy) is 1. The van der Waals surface area contributed by atoms with Gasteiger partial charge in [-0.1, -0.05) is 33.1 Å². The van der Waals surface area contributed by atoms with E-state index in [2.05, 4.69) is 0 Å². The minimum Gasteiger partial charge on any atom is -0.370 e. The Kier molecular flexibility index (Phi) is 4.78. The SMILES string of the molecule is CCC(CC)(OC)C(=O)C1CCCCC1. The van der Waals surface area contributed by atoms with E-state index in [1.54, 1.807) is 7.11 Å². The first kappa shape index (κ1) is 12.7. The van der Waals surface area contributed by atoms with E-state index in [0.717, 1.165) is 25.7 Å². The molecular weight excluding hydrogens is 188 g/mol. The highest BCUT2D eigenvalue weighted by Gasteiger charge is 2.39. The van der Waals surface area contributed by atoms with Gasteiger partial charge < -0.3 is 4.74 Å². The molecule has 0 amide bonds. The van der Waals surface area contributed by atoms with Gasteiger partial charge in [0.15, 0.2) is 5.78 Å². The van der Waals surface area contributed by atoms with Crippen LogP contribution in [0.1, 0.15) is 58.8 Å². The van der Waals surface area contributed by atoms with Gasteiger partial charge in [0.2, 0.25) is 0 Å². The topological polar surface area (TPSA) is 26.3 Å². The van der Waals surface area contributed by atoms with Crippen molar-refractivity contribution in [3.63, 3.8) is 0 Å². The third-order valence-electron chi connectivity index (χ3n) is 3.96. The highest BCUT2D eigenvalue weighted by atomic mass is 16.5. The largest absolute Gasteiger partial charge is 0.370 e. The highest BCUT2D eigenvalue weighted by molar-refractivity contribution is 5.89. The van der Waals surface area contributed by atoms with Crippen molar-refractivity contribution in [1.29, 1.82) is 0 Å². The van der Waals surface area contributed by atoms with E-state index in [-0.39, 0.29) is 5.92 Å². The molecule has 1 saturated carbocycles. The molecule has 0 N–H and O–H groups in total. The standard InChI is InChI=1S/C13H24O2/c1-4-13(5-2,15-3)12(14)11-9-7-6-8-10-11/h11H,4-10H2,1-3H3. The fourth-order valence-electron chi connectivity index (χ4n) is 2.72. The molecule has 0 bridgehead atoms. The Morgan fingerprint density at radius 2 is 1.73 bits per heavy atom. The van der Waals surface area contributed by atoms with Crippen LogP contribution < -0.4 is 0 Å². The summed E-state index contributed by atoms with van der Waals surface area (Å²) >= 11 is 0. The molecule has 0 radical (unpaired) electrons. The second-order valence-corrected chi connectivity index (χ2v) is 4.60. The number of methoxy groups -OCH3 is 1. The van der Waals surface area contributed by atoms with Crippen LogP contribution in [0, 0.1) is 5.92 Å². The molecule has 0 aromatic heterocycles. The van der Waals surface area contributed by atoms with Crippen LogP contribution in [0.5, 0.6) is 0 Å². The lowest BCUT2D eigenvalue weighted by molar-refractivity contribution is -0.147. The molecule has 15 heavy (non-hydrogen) atoms. The first-order chi connectivity index (χ1) is 7.20. The summed E-state index contributed by atoms with van der Waals surface area (Å²) in [6.07, 6.45) is 7.47. The van der Waals surface area contributed by atoms with Gasteiger partial charge in [-0.05, 0) is 25.7 Å². The maximum absolute atomic E-state index is 12.4. The lowest BCUT2D eigenvalue weighted by Crippen LogP contribution is -2.44. The quantitative estimate of drug-likeness (QED) is 0.698. The number of ketones is 1. The monoisotopic (exact) mass is 212 g/mol. The lowest BCUT2D eigenvalue weighted by atomic mass is 9.77. The predicted octanol–water partition coefficient (Wildman–Crippen LogP) is 3.34. The van der Waals surface area contributed by atoms with Gasteiger partial charge in [0.25, 0.3) is 0 Å². The van der Waals surface area contributed by atoms with Crippen molar-refractivity contribution in [1.82, 2.24) is 0 Å². The molecule has 88 valence electrons. The number of hydrogen-bond acceptors (Lipinski definition) is 2. The number of carbonyl (C=O) groups is 1. The van der Waals surface area contributed by atoms with Gasteiger partial charge in [0.05, 0.1) is 0 Å². The smallest absolute Gasteiger partial charge is 0.167 e. The molecule has 0 unspecified atom stereocenters. The van der Waals surface area contributed by atoms with Crippen molar-refractivity contribution in [3.8, 4) is 0 Å². The van der Waals surface area contributed by atoms with Crippen molar-refractivity contribution in [2.45, 2.75) is 64.4 Å². The zero-order chi connectivity index (χ0) is 11.3. The summed E-state index contributed by atoms with van der Waals surface area (Å²) in [5.41, 5.74) is -0.498. The Labute approximate surface area is 93.4 Å². The Hall–Kier alpha value is -0.370. The fourth-order valence-corrected chi connectivity index (χ4v) is 2.72. The number of carbonyl (C=O) groups excluding carboxylic acids is 1. The number of hydrogen-bond donors (Lipinski definition) is 0. The normalized spacial score (nSPS) is 19.1. The van der Waals surface area contributed by atoms with E-state index in [9.17, 15) is 4.79 Å². The summed E-state index contributed by atoms with van der Waals surface area (Å²) in [6, 6.07) is 0. The van der Waals surface area contributed by atoms with E-state index in [4.69, 9.17) is 4.74 Å². The molecule has 0 aliphatic heterocycles. The summed E-state index contributed by atoms with van der Waals surface area (Å²) in [5.74, 6) is 0.619. The van der Waals surface area contributed by atoms with Crippen LogP contribution in [0.15, 0.2) is 0 Å². The summed E-state index contributed by atoms with van der Waals surface area (Å²) in [5, 5.41) is 0. The maximum atomic E-state index is 12.4. The molecule has 0 aromatic carbocycles. The van der Waals surface area contributed by atoms with E-state index in [0.29, 0.717) is 5.78 Å². The molecule has 2 nitrogen and oxygen atoms in total. The molecule has 0 atom stereocenters. The van der Waals surface area contributed by atoms with Gasteiger partial charge in [-0.2, -0.15) is 0 Å². The summed E-state index contributed by atoms with van der Waals surface area (Å²) < 4.78 is 5.50. The first-order valence-corrected chi connectivity index (χ1v) is 6.29. The van der Waals surface area contributed by atoms with Gasteiger partial charge in [-0.25, -0.2) is 0 Å². The Balaban J connectivity index is 2.70. The zero-order valence-electron chi connectivity index (χ0n) is 10.3. The van der Waals surface area contributed by atoms with Crippen molar-refractivity contribution < 1.29 is 9.53 Å². The highest BCUT2D eigenvalue weighted by Crippen LogP contribution is 2.32. The minimum atomic E-state index is -0.498. The maximum Gasteiger partial charge on any atom is 0.167 e. The molecule has 1 rings (SSSR count). The predicted molar refractivity (Wildman–Crippen MR) is 61.9 cm³/mol. The van der Waals surface area contributed by atoms with Gasteiger partial charge in [0.1, 0.15) is 5.60 Å². The van der Waals surface area contributed by atoms with Gasteiger partial charge in [-0.3, -0.25) is 4.79 Å². The average Bonchev–Trinajstić information content (AvgIpc) is 2.33. The summed E-state index contributed by atoms with van der Waals surface area (Å²) in [4.78, 5) is 12.4. The van der Waals surface area contributed by atoms with Gasteiger partial charge in [-0.15, -0.1) is 0 Å².